The molecule has 12 nitrogen and oxygen atoms in total. The highest BCUT2D eigenvalue weighted by molar-refractivity contribution is 5.94. The molecule has 12 heteroatoms. The number of ether oxygens (including phenoxy) is 3. The van der Waals surface area contributed by atoms with Crippen molar-refractivity contribution in [2.24, 2.45) is 0 Å². The first-order valence-corrected chi connectivity index (χ1v) is 13.7. The molecule has 0 bridgehead atoms. The number of nitrogens with one attached hydrogen (secondary N) is 3. The first kappa shape index (κ1) is 28.9. The molecule has 4 amide bonds. The molecule has 4 rings (SSSR count). The van der Waals surface area contributed by atoms with Crippen molar-refractivity contribution in [2.75, 3.05) is 72.4 Å². The molecule has 2 atom stereocenters. The van der Waals surface area contributed by atoms with E-state index in [9.17, 15) is 19.2 Å². The maximum atomic E-state index is 13.5. The van der Waals surface area contributed by atoms with Gasteiger partial charge in [0.05, 0.1) is 26.4 Å². The lowest BCUT2D eigenvalue weighted by Crippen LogP contribution is -2.51. The van der Waals surface area contributed by atoms with Gasteiger partial charge in [-0.1, -0.05) is 18.2 Å². The number of nitrogens with zero attached hydrogens (tertiary/aromatic N) is 2. The molecule has 3 heterocycles. The molecule has 0 aliphatic carbocycles. The third kappa shape index (κ3) is 8.72. The zero-order chi connectivity index (χ0) is 27.5. The Morgan fingerprint density at radius 2 is 1.67 bits per heavy atom. The lowest BCUT2D eigenvalue weighted by Gasteiger charge is -2.29. The molecule has 0 aromatic heterocycles. The average Bonchev–Trinajstić information content (AvgIpc) is 3.38. The van der Waals surface area contributed by atoms with E-state index in [-0.39, 0.29) is 75.2 Å². The second-order valence-corrected chi connectivity index (χ2v) is 9.94. The van der Waals surface area contributed by atoms with Crippen LogP contribution in [0.2, 0.25) is 0 Å². The van der Waals surface area contributed by atoms with Gasteiger partial charge in [0.2, 0.25) is 17.7 Å². The third-order valence-electron chi connectivity index (χ3n) is 7.14. The van der Waals surface area contributed by atoms with E-state index in [1.807, 2.05) is 6.07 Å². The Morgan fingerprint density at radius 3 is 2.46 bits per heavy atom. The van der Waals surface area contributed by atoms with E-state index in [2.05, 4.69) is 16.0 Å². The second-order valence-electron chi connectivity index (χ2n) is 9.94. The molecule has 0 saturated carbocycles. The highest BCUT2D eigenvalue weighted by Crippen LogP contribution is 2.21. The minimum absolute atomic E-state index is 0.0411. The average molecular weight is 546 g/mol. The maximum Gasteiger partial charge on any atom is 0.251 e. The van der Waals surface area contributed by atoms with Gasteiger partial charge in [0.1, 0.15) is 12.6 Å². The van der Waals surface area contributed by atoms with Crippen LogP contribution in [0.5, 0.6) is 0 Å². The van der Waals surface area contributed by atoms with Crippen LogP contribution in [0.25, 0.3) is 0 Å². The van der Waals surface area contributed by atoms with E-state index >= 15 is 0 Å². The summed E-state index contributed by atoms with van der Waals surface area (Å²) in [5.74, 6) is -1.19. The molecule has 0 radical (unpaired) electrons. The summed E-state index contributed by atoms with van der Waals surface area (Å²) in [4.78, 5) is 55.0. The van der Waals surface area contributed by atoms with Gasteiger partial charge in [0.15, 0.2) is 0 Å². The predicted molar refractivity (Wildman–Crippen MR) is 141 cm³/mol. The van der Waals surface area contributed by atoms with E-state index in [0.717, 1.165) is 12.8 Å². The van der Waals surface area contributed by atoms with Crippen molar-refractivity contribution in [3.63, 3.8) is 0 Å². The normalized spacial score (nSPS) is 24.5. The van der Waals surface area contributed by atoms with Crippen LogP contribution in [-0.2, 0) is 28.6 Å². The predicted octanol–water partition coefficient (Wildman–Crippen LogP) is -0.854. The Hall–Kier alpha value is -3.06. The molecule has 1 aromatic rings. The zero-order valence-electron chi connectivity index (χ0n) is 22.3. The minimum atomic E-state index is -0.647. The van der Waals surface area contributed by atoms with Crippen molar-refractivity contribution in [1.82, 2.24) is 25.8 Å². The van der Waals surface area contributed by atoms with Gasteiger partial charge in [0.25, 0.3) is 5.91 Å². The fraction of sp³-hybridized carbons (Fsp3) is 0.630. The Bertz CT molecular complexity index is 973. The summed E-state index contributed by atoms with van der Waals surface area (Å²) in [5, 5.41) is 9.27. The van der Waals surface area contributed by atoms with Gasteiger partial charge >= 0.3 is 0 Å². The second kappa shape index (κ2) is 14.9. The molecule has 1 aromatic carbocycles. The summed E-state index contributed by atoms with van der Waals surface area (Å²) in [6.45, 7) is 2.73. The summed E-state index contributed by atoms with van der Waals surface area (Å²) in [6, 6.07) is 8.36. The largest absolute Gasteiger partial charge is 0.381 e. The first-order chi connectivity index (χ1) is 19.0. The lowest BCUT2D eigenvalue weighted by atomic mass is 10.1. The van der Waals surface area contributed by atoms with Crippen LogP contribution in [0.1, 0.15) is 29.6 Å². The zero-order valence-corrected chi connectivity index (χ0v) is 22.3. The monoisotopic (exact) mass is 545 g/mol. The molecule has 3 saturated heterocycles. The Morgan fingerprint density at radius 1 is 0.923 bits per heavy atom. The van der Waals surface area contributed by atoms with Crippen molar-refractivity contribution in [1.29, 1.82) is 0 Å². The smallest absolute Gasteiger partial charge is 0.251 e. The quantitative estimate of drug-likeness (QED) is 0.420. The summed E-state index contributed by atoms with van der Waals surface area (Å²) in [6.07, 6.45) is 2.26. The van der Waals surface area contributed by atoms with Gasteiger partial charge in [-0.15, -0.1) is 0 Å². The number of amides is 4. The lowest BCUT2D eigenvalue weighted by molar-refractivity contribution is -0.145. The van der Waals surface area contributed by atoms with Crippen LogP contribution < -0.4 is 16.0 Å². The van der Waals surface area contributed by atoms with Crippen LogP contribution in [0.4, 0.5) is 0 Å². The van der Waals surface area contributed by atoms with E-state index in [0.29, 0.717) is 44.9 Å². The van der Waals surface area contributed by atoms with Gasteiger partial charge in [-0.05, 0) is 31.4 Å². The van der Waals surface area contributed by atoms with Gasteiger partial charge in [-0.25, -0.2) is 0 Å². The van der Waals surface area contributed by atoms with Crippen molar-refractivity contribution in [2.45, 2.75) is 37.4 Å². The summed E-state index contributed by atoms with van der Waals surface area (Å²) in [7, 11) is 0. The number of fused-ring (bicyclic) bond motifs is 1. The number of benzene rings is 1. The highest BCUT2D eigenvalue weighted by atomic mass is 16.5. The number of rotatable bonds is 6. The molecular weight excluding hydrogens is 506 g/mol. The van der Waals surface area contributed by atoms with Crippen LogP contribution in [-0.4, -0.2) is 124 Å². The fourth-order valence-electron chi connectivity index (χ4n) is 5.06. The molecular formula is C27H39N5O7. The third-order valence-corrected chi connectivity index (χ3v) is 7.14. The summed E-state index contributed by atoms with van der Waals surface area (Å²) >= 11 is 0. The number of carbonyl (C=O) groups excluding carboxylic acids is 4. The van der Waals surface area contributed by atoms with Gasteiger partial charge in [0, 0.05) is 57.0 Å². The van der Waals surface area contributed by atoms with Crippen LogP contribution in [0.15, 0.2) is 30.3 Å². The minimum Gasteiger partial charge on any atom is -0.381 e. The topological polar surface area (TPSA) is 139 Å². The molecule has 3 aliphatic heterocycles. The molecule has 0 spiro atoms. The number of carbonyl (C=O) groups is 4. The van der Waals surface area contributed by atoms with Gasteiger partial charge in [-0.3, -0.25) is 19.2 Å². The van der Waals surface area contributed by atoms with Crippen LogP contribution in [0.3, 0.4) is 0 Å². The van der Waals surface area contributed by atoms with Crippen LogP contribution >= 0.6 is 0 Å². The number of hydrogen-bond acceptors (Lipinski definition) is 8. The molecule has 3 N–H and O–H groups in total. The summed E-state index contributed by atoms with van der Waals surface area (Å²) in [5.41, 5.74) is 0.509. The maximum absolute atomic E-state index is 13.5. The molecule has 39 heavy (non-hydrogen) atoms. The Kier molecular flexibility index (Phi) is 11.1. The molecule has 3 fully saturated rings. The van der Waals surface area contributed by atoms with E-state index < -0.39 is 6.04 Å². The Balaban J connectivity index is 1.42. The highest BCUT2D eigenvalue weighted by Gasteiger charge is 2.40. The van der Waals surface area contributed by atoms with Crippen LogP contribution in [0, 0.1) is 0 Å². The van der Waals surface area contributed by atoms with Crippen molar-refractivity contribution < 1.29 is 33.4 Å². The van der Waals surface area contributed by atoms with Gasteiger partial charge < -0.3 is 40.0 Å². The van der Waals surface area contributed by atoms with E-state index in [4.69, 9.17) is 14.2 Å². The standard InChI is InChI=1S/C27H39N5O7/c33-24-18-31(10-8-28-26(35)20-4-2-1-3-5-20)25(34)19-39-15-14-38-13-9-29-27(36)23-16-22(17-32(23)24)30-21-6-11-37-12-7-21/h1-5,21-23,30H,6-19H2,(H,28,35)(H,29,36)/t22-,23-/m0/s1. The molecule has 3 aliphatic rings. The molecule has 0 unspecified atom stereocenters. The summed E-state index contributed by atoms with van der Waals surface area (Å²) < 4.78 is 16.4. The fourth-order valence-corrected chi connectivity index (χ4v) is 5.06. The van der Waals surface area contributed by atoms with E-state index in [1.54, 1.807) is 29.2 Å². The number of hydrogen-bond donors (Lipinski definition) is 3. The van der Waals surface area contributed by atoms with E-state index in [1.165, 1.54) is 4.90 Å². The Labute approximate surface area is 228 Å². The SMILES string of the molecule is O=C(NCCN1CC(=O)N2C[C@@H](NC3CCOCC3)C[C@H]2C(=O)NCCOCCOCC1=O)c1ccccc1. The first-order valence-electron chi connectivity index (χ1n) is 13.7. The molecule has 214 valence electrons. The van der Waals surface area contributed by atoms with Crippen molar-refractivity contribution in [3.05, 3.63) is 35.9 Å². The van der Waals surface area contributed by atoms with Crippen molar-refractivity contribution >= 4 is 23.6 Å². The van der Waals surface area contributed by atoms with Crippen molar-refractivity contribution in [3.8, 4) is 0 Å². The van der Waals surface area contributed by atoms with Gasteiger partial charge in [-0.2, -0.15) is 0 Å².